The number of rotatable bonds is 86. The molecular formula is C86H168O17P2. The molecule has 0 aliphatic rings. The van der Waals surface area contributed by atoms with Crippen LogP contribution in [0.25, 0.3) is 0 Å². The Bertz CT molecular complexity index is 2000. The lowest BCUT2D eigenvalue weighted by molar-refractivity contribution is -0.161. The van der Waals surface area contributed by atoms with Crippen LogP contribution in [0.3, 0.4) is 0 Å². The number of aliphatic hydroxyl groups is 1. The Balaban J connectivity index is 5.22. The molecule has 0 bridgehead atoms. The highest BCUT2D eigenvalue weighted by molar-refractivity contribution is 7.47. The van der Waals surface area contributed by atoms with Crippen molar-refractivity contribution in [1.82, 2.24) is 0 Å². The average Bonchev–Trinajstić information content (AvgIpc) is 0.917. The van der Waals surface area contributed by atoms with Gasteiger partial charge in [0.05, 0.1) is 26.4 Å². The molecule has 17 nitrogen and oxygen atoms in total. The Morgan fingerprint density at radius 1 is 0.257 bits per heavy atom. The summed E-state index contributed by atoms with van der Waals surface area (Å²) in [4.78, 5) is 73.2. The van der Waals surface area contributed by atoms with Gasteiger partial charge >= 0.3 is 39.5 Å². The molecule has 0 rings (SSSR count). The van der Waals surface area contributed by atoms with Crippen molar-refractivity contribution in [3.8, 4) is 0 Å². The van der Waals surface area contributed by atoms with Crippen LogP contribution in [-0.4, -0.2) is 96.7 Å². The Morgan fingerprint density at radius 3 is 0.648 bits per heavy atom. The van der Waals surface area contributed by atoms with Crippen molar-refractivity contribution in [2.24, 2.45) is 5.92 Å². The van der Waals surface area contributed by atoms with Crippen LogP contribution in [0.4, 0.5) is 0 Å². The number of carbonyl (C=O) groups excluding carboxylic acids is 4. The van der Waals surface area contributed by atoms with Crippen LogP contribution in [0.1, 0.15) is 465 Å². The third-order valence-electron chi connectivity index (χ3n) is 20.3. The summed E-state index contributed by atoms with van der Waals surface area (Å²) < 4.78 is 68.9. The molecule has 0 aromatic carbocycles. The first-order valence-electron chi connectivity index (χ1n) is 44.6. The number of phosphoric acid groups is 2. The maximum absolute atomic E-state index is 13.1. The SMILES string of the molecule is CCCCCCCCCCCCCCCCCCCCCCCCC(=O)O[C@H](COC(=O)CCCCCCCCCCCCCCCCC(C)C)COP(=O)(O)OC[C@@H](O)COP(=O)(O)OC[C@@H](COC(=O)CCCCCCCCCCCCC)OC(=O)CCCCCCCCCCCCCCCCC. The molecule has 0 saturated carbocycles. The van der Waals surface area contributed by atoms with E-state index in [0.717, 1.165) is 95.8 Å². The maximum atomic E-state index is 13.1. The van der Waals surface area contributed by atoms with Gasteiger partial charge in [0.15, 0.2) is 12.2 Å². The molecule has 0 radical (unpaired) electrons. The fourth-order valence-electron chi connectivity index (χ4n) is 13.5. The summed E-state index contributed by atoms with van der Waals surface area (Å²) in [6.07, 6.45) is 72.2. The van der Waals surface area contributed by atoms with E-state index in [0.29, 0.717) is 25.7 Å². The number of carbonyl (C=O) groups is 4. The molecule has 624 valence electrons. The highest BCUT2D eigenvalue weighted by atomic mass is 31.2. The van der Waals surface area contributed by atoms with Gasteiger partial charge in [0.2, 0.25) is 0 Å². The van der Waals surface area contributed by atoms with Gasteiger partial charge in [0.25, 0.3) is 0 Å². The number of hydrogen-bond donors (Lipinski definition) is 3. The first kappa shape index (κ1) is 103. The zero-order valence-electron chi connectivity index (χ0n) is 68.9. The van der Waals surface area contributed by atoms with Gasteiger partial charge in [-0.3, -0.25) is 37.3 Å². The van der Waals surface area contributed by atoms with E-state index in [4.69, 9.17) is 37.0 Å². The lowest BCUT2D eigenvalue weighted by atomic mass is 10.0. The van der Waals surface area contributed by atoms with Crippen LogP contribution in [0.5, 0.6) is 0 Å². The Kier molecular flexibility index (Phi) is 77.3. The van der Waals surface area contributed by atoms with E-state index in [9.17, 15) is 43.2 Å². The highest BCUT2D eigenvalue weighted by Crippen LogP contribution is 2.45. The van der Waals surface area contributed by atoms with Gasteiger partial charge in [-0.15, -0.1) is 0 Å². The third kappa shape index (κ3) is 79.9. The Hall–Kier alpha value is -1.94. The Labute approximate surface area is 645 Å². The monoisotopic (exact) mass is 1540 g/mol. The number of ether oxygens (including phenoxy) is 4. The molecule has 105 heavy (non-hydrogen) atoms. The largest absolute Gasteiger partial charge is 0.472 e. The van der Waals surface area contributed by atoms with Crippen molar-refractivity contribution < 1.29 is 80.2 Å². The second kappa shape index (κ2) is 78.7. The average molecular weight is 1540 g/mol. The summed E-state index contributed by atoms with van der Waals surface area (Å²) in [7, 11) is -9.93. The van der Waals surface area contributed by atoms with E-state index in [-0.39, 0.29) is 25.7 Å². The van der Waals surface area contributed by atoms with Gasteiger partial charge in [-0.05, 0) is 31.6 Å². The molecule has 0 saturated heterocycles. The van der Waals surface area contributed by atoms with Crippen LogP contribution in [0.2, 0.25) is 0 Å². The lowest BCUT2D eigenvalue weighted by Gasteiger charge is -2.21. The van der Waals surface area contributed by atoms with Gasteiger partial charge in [-0.1, -0.05) is 413 Å². The number of unbranched alkanes of at least 4 members (excludes halogenated alkanes) is 58. The van der Waals surface area contributed by atoms with Crippen LogP contribution in [0.15, 0.2) is 0 Å². The lowest BCUT2D eigenvalue weighted by Crippen LogP contribution is -2.30. The summed E-state index contributed by atoms with van der Waals surface area (Å²) in [5.41, 5.74) is 0. The smallest absolute Gasteiger partial charge is 0.462 e. The number of hydrogen-bond acceptors (Lipinski definition) is 15. The number of aliphatic hydroxyl groups excluding tert-OH is 1. The van der Waals surface area contributed by atoms with Gasteiger partial charge in [0, 0.05) is 25.7 Å². The summed E-state index contributed by atoms with van der Waals surface area (Å²) in [5.74, 6) is -1.30. The molecule has 0 spiro atoms. The number of esters is 4. The molecule has 0 aliphatic heterocycles. The van der Waals surface area contributed by atoms with Gasteiger partial charge in [-0.2, -0.15) is 0 Å². The van der Waals surface area contributed by atoms with Crippen molar-refractivity contribution in [3.05, 3.63) is 0 Å². The Morgan fingerprint density at radius 2 is 0.438 bits per heavy atom. The summed E-state index contributed by atoms with van der Waals surface area (Å²) >= 11 is 0. The van der Waals surface area contributed by atoms with E-state index in [1.165, 1.54) is 289 Å². The fourth-order valence-corrected chi connectivity index (χ4v) is 15.1. The predicted octanol–water partition coefficient (Wildman–Crippen LogP) is 26.4. The summed E-state index contributed by atoms with van der Waals surface area (Å²) in [6, 6.07) is 0. The van der Waals surface area contributed by atoms with Gasteiger partial charge in [-0.25, -0.2) is 9.13 Å². The standard InChI is InChI=1S/C86H168O17P2/c1-6-9-12-15-18-21-24-26-28-29-30-31-32-33-34-36-42-47-52-57-62-67-72-86(91)103-82(76-97-84(89)70-65-60-55-50-45-40-38-37-39-44-48-53-58-63-68-79(4)5)78-101-105(94,95)99-74-80(87)73-98-104(92,93)100-77-81(75-96-83(88)69-64-59-54-49-43-23-20-17-14-11-8-3)102-85(90)71-66-61-56-51-46-41-35-27-25-22-19-16-13-10-7-2/h79-82,87H,6-78H2,1-5H3,(H,92,93)(H,94,95)/t80-,81+,82+/m0/s1. The topological polar surface area (TPSA) is 237 Å². The van der Waals surface area contributed by atoms with Crippen molar-refractivity contribution in [2.75, 3.05) is 39.6 Å². The number of phosphoric ester groups is 2. The van der Waals surface area contributed by atoms with Crippen molar-refractivity contribution in [3.63, 3.8) is 0 Å². The molecule has 0 aromatic rings. The van der Waals surface area contributed by atoms with E-state index in [1.807, 2.05) is 0 Å². The molecule has 3 N–H and O–H groups in total. The van der Waals surface area contributed by atoms with E-state index in [1.54, 1.807) is 0 Å². The van der Waals surface area contributed by atoms with Gasteiger partial charge < -0.3 is 33.8 Å². The zero-order chi connectivity index (χ0) is 76.9. The third-order valence-corrected chi connectivity index (χ3v) is 22.2. The first-order chi connectivity index (χ1) is 51.0. The second-order valence-electron chi connectivity index (χ2n) is 31.4. The summed E-state index contributed by atoms with van der Waals surface area (Å²) in [5, 5.41) is 10.7. The molecule has 5 atom stereocenters. The highest BCUT2D eigenvalue weighted by Gasteiger charge is 2.30. The van der Waals surface area contributed by atoms with Crippen LogP contribution < -0.4 is 0 Å². The molecule has 0 fully saturated rings. The van der Waals surface area contributed by atoms with Crippen molar-refractivity contribution in [2.45, 2.75) is 483 Å². The van der Waals surface area contributed by atoms with Crippen LogP contribution in [0, 0.1) is 5.92 Å². The normalized spacial score (nSPS) is 13.8. The molecule has 0 aliphatic carbocycles. The quantitative estimate of drug-likeness (QED) is 0.0222. The molecule has 0 aromatic heterocycles. The van der Waals surface area contributed by atoms with E-state index >= 15 is 0 Å². The minimum Gasteiger partial charge on any atom is -0.462 e. The van der Waals surface area contributed by atoms with Gasteiger partial charge in [0.1, 0.15) is 19.3 Å². The first-order valence-corrected chi connectivity index (χ1v) is 47.6. The second-order valence-corrected chi connectivity index (χ2v) is 34.3. The van der Waals surface area contributed by atoms with Crippen molar-refractivity contribution >= 4 is 39.5 Å². The molecule has 0 heterocycles. The van der Waals surface area contributed by atoms with E-state index < -0.39 is 97.5 Å². The van der Waals surface area contributed by atoms with Crippen LogP contribution in [-0.2, 0) is 65.4 Å². The molecule has 0 amide bonds. The maximum Gasteiger partial charge on any atom is 0.472 e. The summed E-state index contributed by atoms with van der Waals surface area (Å²) in [6.45, 7) is 7.39. The zero-order valence-corrected chi connectivity index (χ0v) is 70.7. The minimum atomic E-state index is -4.97. The predicted molar refractivity (Wildman–Crippen MR) is 432 cm³/mol. The molecular weight excluding hydrogens is 1370 g/mol. The van der Waals surface area contributed by atoms with E-state index in [2.05, 4.69) is 34.6 Å². The van der Waals surface area contributed by atoms with Crippen molar-refractivity contribution in [1.29, 1.82) is 0 Å². The fraction of sp³-hybridized carbons (Fsp3) is 0.953. The van der Waals surface area contributed by atoms with Crippen LogP contribution >= 0.6 is 15.6 Å². The molecule has 2 unspecified atom stereocenters. The molecule has 19 heteroatoms. The minimum absolute atomic E-state index is 0.109.